The van der Waals surface area contributed by atoms with Gasteiger partial charge in [0.25, 0.3) is 0 Å². The van der Waals surface area contributed by atoms with Crippen LogP contribution in [0.1, 0.15) is 29.5 Å². The highest BCUT2D eigenvalue weighted by Gasteiger charge is 2.23. The van der Waals surface area contributed by atoms with Gasteiger partial charge in [0.05, 0.1) is 11.4 Å². The van der Waals surface area contributed by atoms with E-state index < -0.39 is 0 Å². The van der Waals surface area contributed by atoms with Gasteiger partial charge < -0.3 is 9.80 Å². The second-order valence-electron chi connectivity index (χ2n) is 8.11. The predicted molar refractivity (Wildman–Crippen MR) is 126 cm³/mol. The third kappa shape index (κ3) is 4.93. The van der Waals surface area contributed by atoms with Crippen molar-refractivity contribution in [2.24, 2.45) is 0 Å². The molecule has 0 bridgehead atoms. The van der Waals surface area contributed by atoms with Crippen molar-refractivity contribution in [3.63, 3.8) is 0 Å². The van der Waals surface area contributed by atoms with Gasteiger partial charge in [-0.15, -0.1) is 10.2 Å². The largest absolute Gasteiger partial charge is 0.341 e. The van der Waals surface area contributed by atoms with Gasteiger partial charge in [-0.1, -0.05) is 53.7 Å². The van der Waals surface area contributed by atoms with Crippen molar-refractivity contribution in [2.75, 3.05) is 30.8 Å². The Morgan fingerprint density at radius 1 is 1.03 bits per heavy atom. The number of carbonyl (C=O) groups is 1. The van der Waals surface area contributed by atoms with Crippen LogP contribution in [-0.2, 0) is 11.3 Å². The molecule has 1 fully saturated rings. The van der Waals surface area contributed by atoms with Gasteiger partial charge in [-0.05, 0) is 49.9 Å². The lowest BCUT2D eigenvalue weighted by molar-refractivity contribution is -0.127. The molecule has 6 nitrogen and oxygen atoms in total. The maximum absolute atomic E-state index is 12.8. The maximum Gasteiger partial charge on any atom is 0.233 e. The number of thioether (sulfide) groups is 1. The zero-order valence-corrected chi connectivity index (χ0v) is 19.2. The lowest BCUT2D eigenvalue weighted by Gasteiger charge is -2.20. The van der Waals surface area contributed by atoms with Crippen LogP contribution in [0.5, 0.6) is 0 Å². The first-order valence-corrected chi connectivity index (χ1v) is 11.7. The lowest BCUT2D eigenvalue weighted by atomic mass is 10.1. The van der Waals surface area contributed by atoms with Gasteiger partial charge in [0.2, 0.25) is 11.9 Å². The predicted octanol–water partition coefficient (Wildman–Crippen LogP) is 4.24. The molecule has 0 aliphatic carbocycles. The number of carbonyl (C=O) groups excluding carboxylic acids is 1. The van der Waals surface area contributed by atoms with Crippen molar-refractivity contribution in [2.45, 2.75) is 38.4 Å². The van der Waals surface area contributed by atoms with Crippen LogP contribution in [0.2, 0.25) is 0 Å². The molecule has 1 saturated heterocycles. The van der Waals surface area contributed by atoms with E-state index in [0.717, 1.165) is 29.9 Å². The van der Waals surface area contributed by atoms with E-state index in [2.05, 4.69) is 69.9 Å². The summed E-state index contributed by atoms with van der Waals surface area (Å²) in [4.78, 5) is 16.9. The van der Waals surface area contributed by atoms with E-state index in [0.29, 0.717) is 12.3 Å². The van der Waals surface area contributed by atoms with Crippen LogP contribution in [0.4, 0.5) is 5.95 Å². The van der Waals surface area contributed by atoms with E-state index in [1.807, 2.05) is 19.2 Å². The Morgan fingerprint density at radius 3 is 2.45 bits per heavy atom. The first-order valence-electron chi connectivity index (χ1n) is 10.7. The van der Waals surface area contributed by atoms with Crippen LogP contribution in [0.3, 0.4) is 0 Å². The SMILES string of the molecule is Cc1ccc(-n2c(SCC(=O)N(C)Cc3ccccc3C)nnc2N2CCCC2)cc1. The number of benzene rings is 2. The minimum atomic E-state index is 0.0782. The average molecular weight is 436 g/mol. The Labute approximate surface area is 188 Å². The molecule has 1 aliphatic heterocycles. The van der Waals surface area contributed by atoms with Crippen LogP contribution in [0.15, 0.2) is 53.7 Å². The summed E-state index contributed by atoms with van der Waals surface area (Å²) in [6.07, 6.45) is 2.34. The third-order valence-electron chi connectivity index (χ3n) is 5.72. The molecule has 2 heterocycles. The molecule has 162 valence electrons. The third-order valence-corrected chi connectivity index (χ3v) is 6.63. The second kappa shape index (κ2) is 9.56. The van der Waals surface area contributed by atoms with Crippen molar-refractivity contribution < 1.29 is 4.79 Å². The van der Waals surface area contributed by atoms with Crippen molar-refractivity contribution in [3.05, 3.63) is 65.2 Å². The van der Waals surface area contributed by atoms with Gasteiger partial charge in [-0.2, -0.15) is 0 Å². The van der Waals surface area contributed by atoms with Crippen LogP contribution in [-0.4, -0.2) is 51.5 Å². The van der Waals surface area contributed by atoms with Crippen LogP contribution >= 0.6 is 11.8 Å². The number of aryl methyl sites for hydroxylation is 2. The summed E-state index contributed by atoms with van der Waals surface area (Å²) < 4.78 is 2.09. The number of nitrogens with zero attached hydrogens (tertiary/aromatic N) is 5. The van der Waals surface area contributed by atoms with E-state index in [1.54, 1.807) is 4.90 Å². The van der Waals surface area contributed by atoms with Gasteiger partial charge >= 0.3 is 0 Å². The molecular weight excluding hydrogens is 406 g/mol. The molecule has 31 heavy (non-hydrogen) atoms. The molecule has 7 heteroatoms. The Kier molecular flexibility index (Phi) is 6.61. The number of hydrogen-bond donors (Lipinski definition) is 0. The van der Waals surface area contributed by atoms with E-state index in [-0.39, 0.29) is 5.91 Å². The monoisotopic (exact) mass is 435 g/mol. The first-order chi connectivity index (χ1) is 15.0. The van der Waals surface area contributed by atoms with Gasteiger partial charge in [0.15, 0.2) is 5.16 Å². The fraction of sp³-hybridized carbons (Fsp3) is 0.375. The minimum absolute atomic E-state index is 0.0782. The Morgan fingerprint density at radius 2 is 1.74 bits per heavy atom. The summed E-state index contributed by atoms with van der Waals surface area (Å²) in [6, 6.07) is 16.6. The molecular formula is C24H29N5OS. The van der Waals surface area contributed by atoms with Gasteiger partial charge in [0, 0.05) is 26.7 Å². The van der Waals surface area contributed by atoms with E-state index in [1.165, 1.54) is 41.3 Å². The van der Waals surface area contributed by atoms with Crippen molar-refractivity contribution in [3.8, 4) is 5.69 Å². The van der Waals surface area contributed by atoms with E-state index in [9.17, 15) is 4.79 Å². The molecule has 1 amide bonds. The first kappa shape index (κ1) is 21.4. The van der Waals surface area contributed by atoms with Crippen LogP contribution < -0.4 is 4.90 Å². The maximum atomic E-state index is 12.8. The fourth-order valence-corrected chi connectivity index (χ4v) is 4.65. The zero-order valence-electron chi connectivity index (χ0n) is 18.4. The fourth-order valence-electron chi connectivity index (χ4n) is 3.77. The van der Waals surface area contributed by atoms with E-state index >= 15 is 0 Å². The number of aromatic nitrogens is 3. The highest BCUT2D eigenvalue weighted by molar-refractivity contribution is 7.99. The Bertz CT molecular complexity index is 1040. The summed E-state index contributed by atoms with van der Waals surface area (Å²) in [6.45, 7) is 6.75. The van der Waals surface area contributed by atoms with Crippen molar-refractivity contribution in [1.82, 2.24) is 19.7 Å². The number of hydrogen-bond acceptors (Lipinski definition) is 5. The van der Waals surface area contributed by atoms with Crippen LogP contribution in [0, 0.1) is 13.8 Å². The van der Waals surface area contributed by atoms with Gasteiger partial charge in [-0.25, -0.2) is 0 Å². The smallest absolute Gasteiger partial charge is 0.233 e. The van der Waals surface area contributed by atoms with E-state index in [4.69, 9.17) is 0 Å². The molecule has 0 spiro atoms. The molecule has 0 atom stereocenters. The summed E-state index contributed by atoms with van der Waals surface area (Å²) in [5.41, 5.74) is 4.61. The summed E-state index contributed by atoms with van der Waals surface area (Å²) >= 11 is 1.45. The minimum Gasteiger partial charge on any atom is -0.341 e. The lowest BCUT2D eigenvalue weighted by Crippen LogP contribution is -2.28. The molecule has 1 aliphatic rings. The summed E-state index contributed by atoms with van der Waals surface area (Å²) in [5, 5.41) is 9.70. The molecule has 0 radical (unpaired) electrons. The number of rotatable bonds is 7. The summed E-state index contributed by atoms with van der Waals surface area (Å²) in [7, 11) is 1.86. The molecule has 0 saturated carbocycles. The Balaban J connectivity index is 1.50. The highest BCUT2D eigenvalue weighted by Crippen LogP contribution is 2.29. The molecule has 4 rings (SSSR count). The molecule has 0 N–H and O–H groups in total. The second-order valence-corrected chi connectivity index (χ2v) is 9.06. The zero-order chi connectivity index (χ0) is 21.8. The topological polar surface area (TPSA) is 54.3 Å². The van der Waals surface area contributed by atoms with Gasteiger partial charge in [0.1, 0.15) is 0 Å². The normalized spacial score (nSPS) is 13.6. The standard InChI is InChI=1S/C24H29N5OS/c1-18-10-12-21(13-11-18)29-23(28-14-6-7-15-28)25-26-24(29)31-17-22(30)27(3)16-20-9-5-4-8-19(20)2/h4-5,8-13H,6-7,14-17H2,1-3H3. The molecule has 1 aromatic heterocycles. The molecule has 3 aromatic rings. The average Bonchev–Trinajstić information content (AvgIpc) is 3.44. The van der Waals surface area contributed by atoms with Crippen molar-refractivity contribution in [1.29, 1.82) is 0 Å². The quantitative estimate of drug-likeness (QED) is 0.520. The molecule has 2 aromatic carbocycles. The van der Waals surface area contributed by atoms with Crippen molar-refractivity contribution >= 4 is 23.6 Å². The summed E-state index contributed by atoms with van der Waals surface area (Å²) in [5.74, 6) is 1.27. The molecule has 0 unspecified atom stereocenters. The van der Waals surface area contributed by atoms with Gasteiger partial charge in [-0.3, -0.25) is 9.36 Å². The number of amides is 1. The highest BCUT2D eigenvalue weighted by atomic mass is 32.2. The van der Waals surface area contributed by atoms with Crippen LogP contribution in [0.25, 0.3) is 5.69 Å². The Hall–Kier alpha value is -2.80. The number of anilines is 1.